The second-order valence-corrected chi connectivity index (χ2v) is 4.86. The Balaban J connectivity index is 1.89. The molecule has 2 aromatic rings. The fraction of sp³-hybridized carbons (Fsp3) is 0.286. The number of aryl methyl sites for hydroxylation is 1. The zero-order valence-electron chi connectivity index (χ0n) is 11.3. The summed E-state index contributed by atoms with van der Waals surface area (Å²) in [6.07, 6.45) is 3.41. The van der Waals surface area contributed by atoms with E-state index in [-0.39, 0.29) is 23.6 Å². The molecule has 110 valence electrons. The first-order chi connectivity index (χ1) is 10.1. The van der Waals surface area contributed by atoms with Crippen LogP contribution in [0.2, 0.25) is 0 Å². The molecule has 5 nitrogen and oxygen atoms in total. The molecule has 0 spiro atoms. The van der Waals surface area contributed by atoms with Crippen LogP contribution in [-0.4, -0.2) is 22.1 Å². The van der Waals surface area contributed by atoms with Gasteiger partial charge in [0.15, 0.2) is 11.6 Å². The average molecular weight is 293 g/mol. The van der Waals surface area contributed by atoms with Gasteiger partial charge >= 0.3 is 0 Å². The van der Waals surface area contributed by atoms with Gasteiger partial charge in [-0.2, -0.15) is 0 Å². The summed E-state index contributed by atoms with van der Waals surface area (Å²) in [6, 6.07) is 1.40. The van der Waals surface area contributed by atoms with E-state index < -0.39 is 23.6 Å². The highest BCUT2D eigenvalue weighted by Gasteiger charge is 2.29. The predicted molar refractivity (Wildman–Crippen MR) is 69.9 cm³/mol. The number of nitrogens with zero attached hydrogens (tertiary/aromatic N) is 2. The number of hydrogen-bond acceptors (Lipinski definition) is 3. The fourth-order valence-corrected chi connectivity index (χ4v) is 2.35. The molecule has 0 saturated heterocycles. The lowest BCUT2D eigenvalue weighted by molar-refractivity contribution is 0.0917. The Kier molecular flexibility index (Phi) is 3.32. The van der Waals surface area contributed by atoms with Gasteiger partial charge in [-0.1, -0.05) is 0 Å². The molecule has 0 radical (unpaired) electrons. The molecule has 0 bridgehead atoms. The Hall–Kier alpha value is -2.44. The van der Waals surface area contributed by atoms with Crippen LogP contribution < -0.4 is 10.1 Å². The number of aromatic nitrogens is 2. The number of hydrogen-bond donors (Lipinski definition) is 1. The van der Waals surface area contributed by atoms with E-state index in [0.29, 0.717) is 6.42 Å². The van der Waals surface area contributed by atoms with E-state index in [0.717, 1.165) is 12.1 Å². The maximum atomic E-state index is 13.9. The summed E-state index contributed by atoms with van der Waals surface area (Å²) in [5.41, 5.74) is 0.271. The highest BCUT2D eigenvalue weighted by atomic mass is 19.1. The summed E-state index contributed by atoms with van der Waals surface area (Å²) in [4.78, 5) is 16.0. The summed E-state index contributed by atoms with van der Waals surface area (Å²) in [5, 5.41) is 2.67. The first-order valence-electron chi connectivity index (χ1n) is 6.46. The van der Waals surface area contributed by atoms with Crippen LogP contribution in [0, 0.1) is 11.6 Å². The quantitative estimate of drug-likeness (QED) is 0.920. The van der Waals surface area contributed by atoms with Gasteiger partial charge in [-0.25, -0.2) is 13.8 Å². The van der Waals surface area contributed by atoms with Crippen LogP contribution >= 0.6 is 0 Å². The number of fused-ring (bicyclic) bond motifs is 1. The van der Waals surface area contributed by atoms with E-state index >= 15 is 0 Å². The Bertz CT molecular complexity index is 700. The van der Waals surface area contributed by atoms with Crippen molar-refractivity contribution in [2.75, 3.05) is 6.61 Å². The maximum Gasteiger partial charge on any atom is 0.271 e. The lowest BCUT2D eigenvalue weighted by atomic mass is 9.99. The number of halogens is 2. The SMILES string of the molecule is Cn1cnc(C(=O)N[C@@H]2CCOc3c(F)ccc(F)c32)c1. The lowest BCUT2D eigenvalue weighted by Gasteiger charge is -2.27. The van der Waals surface area contributed by atoms with Crippen molar-refractivity contribution >= 4 is 5.91 Å². The molecule has 1 N–H and O–H groups in total. The van der Waals surface area contributed by atoms with Gasteiger partial charge in [-0.3, -0.25) is 4.79 Å². The van der Waals surface area contributed by atoms with Gasteiger partial charge in [0, 0.05) is 19.7 Å². The minimum atomic E-state index is -0.640. The topological polar surface area (TPSA) is 56.2 Å². The van der Waals surface area contributed by atoms with Gasteiger partial charge in [0.1, 0.15) is 11.5 Å². The van der Waals surface area contributed by atoms with Gasteiger partial charge in [0.2, 0.25) is 0 Å². The molecule has 1 aliphatic heterocycles. The molecular formula is C14H13F2N3O2. The Morgan fingerprint density at radius 2 is 2.19 bits per heavy atom. The Morgan fingerprint density at radius 3 is 2.90 bits per heavy atom. The minimum Gasteiger partial charge on any atom is -0.490 e. The van der Waals surface area contributed by atoms with E-state index in [9.17, 15) is 13.6 Å². The highest BCUT2D eigenvalue weighted by molar-refractivity contribution is 5.92. The van der Waals surface area contributed by atoms with Crippen molar-refractivity contribution in [2.24, 2.45) is 7.05 Å². The summed E-state index contributed by atoms with van der Waals surface area (Å²) in [7, 11) is 1.74. The summed E-state index contributed by atoms with van der Waals surface area (Å²) >= 11 is 0. The molecule has 1 aromatic carbocycles. The van der Waals surface area contributed by atoms with Crippen molar-refractivity contribution in [3.63, 3.8) is 0 Å². The predicted octanol–water partition coefficient (Wildman–Crippen LogP) is 1.95. The molecule has 7 heteroatoms. The number of benzene rings is 1. The Morgan fingerprint density at radius 1 is 1.43 bits per heavy atom. The molecule has 0 fully saturated rings. The molecule has 21 heavy (non-hydrogen) atoms. The van der Waals surface area contributed by atoms with E-state index in [1.54, 1.807) is 17.8 Å². The molecule has 1 aromatic heterocycles. The van der Waals surface area contributed by atoms with Crippen LogP contribution in [0.1, 0.15) is 28.5 Å². The summed E-state index contributed by atoms with van der Waals surface area (Å²) in [5.74, 6) is -1.80. The number of carbonyl (C=O) groups is 1. The van der Waals surface area contributed by atoms with Crippen molar-refractivity contribution in [3.8, 4) is 5.75 Å². The van der Waals surface area contributed by atoms with Gasteiger partial charge in [0.05, 0.1) is 24.5 Å². The summed E-state index contributed by atoms with van der Waals surface area (Å²) < 4.78 is 34.4. The second kappa shape index (κ2) is 5.16. The monoisotopic (exact) mass is 293 g/mol. The van der Waals surface area contributed by atoms with E-state index in [4.69, 9.17) is 4.74 Å². The third-order valence-electron chi connectivity index (χ3n) is 3.34. The fourth-order valence-electron chi connectivity index (χ4n) is 2.35. The first kappa shape index (κ1) is 13.5. The third-order valence-corrected chi connectivity index (χ3v) is 3.34. The molecule has 1 amide bonds. The largest absolute Gasteiger partial charge is 0.490 e. The van der Waals surface area contributed by atoms with Crippen molar-refractivity contribution in [3.05, 3.63) is 47.5 Å². The smallest absolute Gasteiger partial charge is 0.271 e. The maximum absolute atomic E-state index is 13.9. The van der Waals surface area contributed by atoms with Gasteiger partial charge in [-0.15, -0.1) is 0 Å². The standard InChI is InChI=1S/C14H13F2N3O2/c1-19-6-11(17-7-19)14(20)18-10-4-5-21-13-9(16)3-2-8(15)12(10)13/h2-3,6-7,10H,4-5H2,1H3,(H,18,20)/t10-/m1/s1. The lowest BCUT2D eigenvalue weighted by Crippen LogP contribution is -2.33. The molecule has 1 atom stereocenters. The number of carbonyl (C=O) groups excluding carboxylic acids is 1. The van der Waals surface area contributed by atoms with Crippen LogP contribution in [0.5, 0.6) is 5.75 Å². The number of nitrogens with one attached hydrogen (secondary N) is 1. The second-order valence-electron chi connectivity index (χ2n) is 4.86. The average Bonchev–Trinajstić information content (AvgIpc) is 2.90. The number of rotatable bonds is 2. The number of amides is 1. The van der Waals surface area contributed by atoms with Crippen LogP contribution in [0.4, 0.5) is 8.78 Å². The number of imidazole rings is 1. The van der Waals surface area contributed by atoms with Gasteiger partial charge in [-0.05, 0) is 12.1 Å². The minimum absolute atomic E-state index is 0.0468. The van der Waals surface area contributed by atoms with Crippen LogP contribution in [0.3, 0.4) is 0 Å². The zero-order valence-corrected chi connectivity index (χ0v) is 11.3. The molecule has 1 aliphatic rings. The van der Waals surface area contributed by atoms with Gasteiger partial charge < -0.3 is 14.6 Å². The number of ether oxygens (including phenoxy) is 1. The Labute approximate surface area is 119 Å². The van der Waals surface area contributed by atoms with Crippen LogP contribution in [0.25, 0.3) is 0 Å². The van der Waals surface area contributed by atoms with Crippen molar-refractivity contribution in [1.29, 1.82) is 0 Å². The van der Waals surface area contributed by atoms with E-state index in [1.807, 2.05) is 0 Å². The molecular weight excluding hydrogens is 280 g/mol. The van der Waals surface area contributed by atoms with Crippen molar-refractivity contribution < 1.29 is 18.3 Å². The molecule has 2 heterocycles. The highest BCUT2D eigenvalue weighted by Crippen LogP contribution is 2.36. The first-order valence-corrected chi connectivity index (χ1v) is 6.46. The summed E-state index contributed by atoms with van der Waals surface area (Å²) in [6.45, 7) is 0.209. The molecule has 0 unspecified atom stereocenters. The van der Waals surface area contributed by atoms with E-state index in [1.165, 1.54) is 6.33 Å². The van der Waals surface area contributed by atoms with Gasteiger partial charge in [0.25, 0.3) is 5.91 Å². The van der Waals surface area contributed by atoms with Crippen LogP contribution in [-0.2, 0) is 7.05 Å². The molecule has 0 aliphatic carbocycles. The van der Waals surface area contributed by atoms with Crippen molar-refractivity contribution in [2.45, 2.75) is 12.5 Å². The molecule has 3 rings (SSSR count). The zero-order chi connectivity index (χ0) is 15.0. The molecule has 0 saturated carbocycles. The van der Waals surface area contributed by atoms with Crippen molar-refractivity contribution in [1.82, 2.24) is 14.9 Å². The third kappa shape index (κ3) is 2.46. The normalized spacial score (nSPS) is 17.0. The van der Waals surface area contributed by atoms with E-state index in [2.05, 4.69) is 10.3 Å². The van der Waals surface area contributed by atoms with Crippen LogP contribution in [0.15, 0.2) is 24.7 Å².